The first-order valence-corrected chi connectivity index (χ1v) is 8.65. The maximum absolute atomic E-state index is 11.1. The van der Waals surface area contributed by atoms with Gasteiger partial charge in [-0.1, -0.05) is 72.3 Å². The smallest absolute Gasteiger partial charge is 0.153 e. The third-order valence-corrected chi connectivity index (χ3v) is 4.54. The van der Waals surface area contributed by atoms with E-state index < -0.39 is 0 Å². The second kappa shape index (κ2) is 8.35. The molecule has 0 saturated carbocycles. The molecule has 0 atom stereocenters. The number of hydrogen-bond acceptors (Lipinski definition) is 3. The van der Waals surface area contributed by atoms with E-state index in [1.165, 1.54) is 7.11 Å². The Morgan fingerprint density at radius 2 is 1.70 bits per heavy atom. The highest BCUT2D eigenvalue weighted by Gasteiger charge is 2.10. The number of carbonyl (C=O) groups excluding carboxylic acids is 1. The van der Waals surface area contributed by atoms with Gasteiger partial charge in [-0.05, 0) is 28.8 Å². The van der Waals surface area contributed by atoms with Crippen molar-refractivity contribution in [1.29, 1.82) is 5.26 Å². The van der Waals surface area contributed by atoms with E-state index in [4.69, 9.17) is 16.3 Å². The second-order valence-electron chi connectivity index (χ2n) is 5.81. The van der Waals surface area contributed by atoms with Crippen molar-refractivity contribution in [2.45, 2.75) is 0 Å². The van der Waals surface area contributed by atoms with Crippen molar-refractivity contribution in [3.8, 4) is 22.9 Å². The van der Waals surface area contributed by atoms with E-state index in [2.05, 4.69) is 6.07 Å². The molecule has 0 aliphatic heterocycles. The van der Waals surface area contributed by atoms with Gasteiger partial charge in [0.05, 0.1) is 18.2 Å². The summed E-state index contributed by atoms with van der Waals surface area (Å²) in [5.41, 5.74) is 4.33. The van der Waals surface area contributed by atoms with Crippen molar-refractivity contribution in [2.75, 3.05) is 7.11 Å². The Morgan fingerprint density at radius 1 is 0.963 bits per heavy atom. The van der Waals surface area contributed by atoms with Crippen LogP contribution < -0.4 is 4.74 Å². The summed E-state index contributed by atoms with van der Waals surface area (Å²) in [4.78, 5) is 11.1. The lowest BCUT2D eigenvalue weighted by atomic mass is 9.95. The van der Waals surface area contributed by atoms with Gasteiger partial charge in [0.15, 0.2) is 6.29 Å². The number of ether oxygens (including phenoxy) is 1. The van der Waals surface area contributed by atoms with E-state index in [1.54, 1.807) is 12.1 Å². The van der Waals surface area contributed by atoms with Gasteiger partial charge < -0.3 is 4.74 Å². The summed E-state index contributed by atoms with van der Waals surface area (Å²) in [6.45, 7) is 0. The highest BCUT2D eigenvalue weighted by atomic mass is 35.5. The van der Waals surface area contributed by atoms with Crippen molar-refractivity contribution in [3.63, 3.8) is 0 Å². The molecule has 0 aromatic heterocycles. The predicted molar refractivity (Wildman–Crippen MR) is 109 cm³/mol. The van der Waals surface area contributed by atoms with E-state index >= 15 is 0 Å². The van der Waals surface area contributed by atoms with Crippen LogP contribution in [0, 0.1) is 11.3 Å². The zero-order valence-corrected chi connectivity index (χ0v) is 15.4. The van der Waals surface area contributed by atoms with Crippen molar-refractivity contribution in [1.82, 2.24) is 0 Å². The van der Waals surface area contributed by atoms with Gasteiger partial charge in [-0.2, -0.15) is 5.26 Å². The Bertz CT molecular complexity index is 1050. The largest absolute Gasteiger partial charge is 0.496 e. The second-order valence-corrected chi connectivity index (χ2v) is 6.22. The summed E-state index contributed by atoms with van der Waals surface area (Å²) in [5, 5.41) is 10.1. The Balaban J connectivity index is 2.04. The highest BCUT2D eigenvalue weighted by molar-refractivity contribution is 6.32. The van der Waals surface area contributed by atoms with Crippen LogP contribution in [0.3, 0.4) is 0 Å². The molecule has 0 radical (unpaired) electrons. The first kappa shape index (κ1) is 18.4. The average molecular weight is 374 g/mol. The molecule has 0 bridgehead atoms. The minimum absolute atomic E-state index is 0.392. The van der Waals surface area contributed by atoms with Crippen LogP contribution in [-0.2, 0) is 0 Å². The molecule has 3 nitrogen and oxygen atoms in total. The van der Waals surface area contributed by atoms with Crippen LogP contribution in [0.2, 0.25) is 5.02 Å². The monoisotopic (exact) mass is 373 g/mol. The van der Waals surface area contributed by atoms with E-state index in [0.29, 0.717) is 33.7 Å². The van der Waals surface area contributed by atoms with E-state index in [-0.39, 0.29) is 0 Å². The topological polar surface area (TPSA) is 50.1 Å². The summed E-state index contributed by atoms with van der Waals surface area (Å²) >= 11 is 6.27. The fourth-order valence-corrected chi connectivity index (χ4v) is 3.09. The molecule has 3 aromatic carbocycles. The molecule has 0 fully saturated rings. The molecule has 0 spiro atoms. The molecule has 3 aromatic rings. The lowest BCUT2D eigenvalue weighted by molar-refractivity contribution is 0.112. The summed E-state index contributed by atoms with van der Waals surface area (Å²) < 4.78 is 5.23. The van der Waals surface area contributed by atoms with E-state index in [0.717, 1.165) is 16.7 Å². The van der Waals surface area contributed by atoms with Crippen LogP contribution in [0.4, 0.5) is 0 Å². The van der Waals surface area contributed by atoms with Gasteiger partial charge >= 0.3 is 0 Å². The number of hydrogen-bond donors (Lipinski definition) is 0. The Labute approximate surface area is 163 Å². The number of carbonyl (C=O) groups is 1. The van der Waals surface area contributed by atoms with Crippen LogP contribution in [0.1, 0.15) is 27.0 Å². The average Bonchev–Trinajstić information content (AvgIpc) is 2.72. The minimum atomic E-state index is 0.392. The molecule has 3 rings (SSSR count). The zero-order chi connectivity index (χ0) is 19.2. The normalized spacial score (nSPS) is 10.6. The van der Waals surface area contributed by atoms with Crippen LogP contribution >= 0.6 is 11.6 Å². The van der Waals surface area contributed by atoms with Crippen LogP contribution in [-0.4, -0.2) is 13.4 Å². The van der Waals surface area contributed by atoms with Gasteiger partial charge in [-0.15, -0.1) is 0 Å². The maximum atomic E-state index is 11.1. The molecule has 0 amide bonds. The lowest BCUT2D eigenvalue weighted by Crippen LogP contribution is -1.92. The number of halogens is 1. The third kappa shape index (κ3) is 3.92. The Morgan fingerprint density at radius 3 is 2.37 bits per heavy atom. The molecule has 4 heteroatoms. The summed E-state index contributed by atoms with van der Waals surface area (Å²) in [7, 11) is 1.50. The van der Waals surface area contributed by atoms with Gasteiger partial charge in [0.1, 0.15) is 11.8 Å². The van der Waals surface area contributed by atoms with Gasteiger partial charge in [0.25, 0.3) is 0 Å². The highest BCUT2D eigenvalue weighted by Crippen LogP contribution is 2.30. The summed E-state index contributed by atoms with van der Waals surface area (Å²) in [6.07, 6.45) is 4.35. The fraction of sp³-hybridized carbons (Fsp3) is 0.0435. The molecular weight excluding hydrogens is 358 g/mol. The van der Waals surface area contributed by atoms with Gasteiger partial charge in [-0.3, -0.25) is 4.79 Å². The fourth-order valence-electron chi connectivity index (χ4n) is 2.85. The Kier molecular flexibility index (Phi) is 5.71. The summed E-state index contributed by atoms with van der Waals surface area (Å²) in [6, 6.07) is 21.1. The molecule has 0 aliphatic carbocycles. The van der Waals surface area contributed by atoms with Gasteiger partial charge in [0.2, 0.25) is 0 Å². The van der Waals surface area contributed by atoms with Crippen LogP contribution in [0.5, 0.6) is 5.75 Å². The number of benzene rings is 3. The zero-order valence-electron chi connectivity index (χ0n) is 14.6. The van der Waals surface area contributed by atoms with E-state index in [1.807, 2.05) is 60.7 Å². The molecule has 0 N–H and O–H groups in total. The Hall–Kier alpha value is -3.35. The van der Waals surface area contributed by atoms with Crippen molar-refractivity contribution >= 4 is 30.0 Å². The standard InChI is InChI=1S/C23H16ClNO2/c1-27-23-13-18(22(24)12-19(23)15-26)11-10-17-8-5-9-20(21(17)14-25)16-6-3-2-4-7-16/h2-13,15H,1H3/b11-10+. The van der Waals surface area contributed by atoms with Crippen molar-refractivity contribution in [3.05, 3.63) is 87.9 Å². The third-order valence-electron chi connectivity index (χ3n) is 4.21. The molecule has 27 heavy (non-hydrogen) atoms. The predicted octanol–water partition coefficient (Wildman–Crippen LogP) is 5.87. The van der Waals surface area contributed by atoms with Crippen LogP contribution in [0.25, 0.3) is 23.3 Å². The number of nitrogens with zero attached hydrogens (tertiary/aromatic N) is 1. The first-order valence-electron chi connectivity index (χ1n) is 8.27. The molecular formula is C23H16ClNO2. The summed E-state index contributed by atoms with van der Waals surface area (Å²) in [5.74, 6) is 0.451. The lowest BCUT2D eigenvalue weighted by Gasteiger charge is -2.08. The molecule has 132 valence electrons. The number of rotatable bonds is 5. The quantitative estimate of drug-likeness (QED) is 0.415. The first-order chi connectivity index (χ1) is 13.2. The number of nitriles is 1. The van der Waals surface area contributed by atoms with Crippen LogP contribution in [0.15, 0.2) is 60.7 Å². The van der Waals surface area contributed by atoms with E-state index in [9.17, 15) is 10.1 Å². The number of aldehydes is 1. The van der Waals surface area contributed by atoms with Gasteiger partial charge in [0, 0.05) is 10.6 Å². The SMILES string of the molecule is COc1cc(/C=C/c2cccc(-c3ccccc3)c2C#N)c(Cl)cc1C=O. The van der Waals surface area contributed by atoms with Crippen molar-refractivity contribution < 1.29 is 9.53 Å². The minimum Gasteiger partial charge on any atom is -0.496 e. The van der Waals surface area contributed by atoms with Gasteiger partial charge in [-0.25, -0.2) is 0 Å². The number of methoxy groups -OCH3 is 1. The van der Waals surface area contributed by atoms with Crippen molar-refractivity contribution in [2.24, 2.45) is 0 Å². The molecule has 0 aliphatic rings. The maximum Gasteiger partial charge on any atom is 0.153 e. The molecule has 0 saturated heterocycles. The molecule has 0 unspecified atom stereocenters. The molecule has 0 heterocycles.